The smallest absolute Gasteiger partial charge is 0.270 e. The van der Waals surface area contributed by atoms with Gasteiger partial charge in [0, 0.05) is 36.8 Å². The lowest BCUT2D eigenvalue weighted by Gasteiger charge is -2.12. The summed E-state index contributed by atoms with van der Waals surface area (Å²) in [6, 6.07) is 9.39. The highest BCUT2D eigenvalue weighted by Gasteiger charge is 2.24. The molecule has 4 aromatic rings. The van der Waals surface area contributed by atoms with Crippen LogP contribution in [0.15, 0.2) is 66.3 Å². The van der Waals surface area contributed by atoms with E-state index < -0.39 is 5.95 Å². The molecular formula is C24H18FN7O3. The third-order valence-corrected chi connectivity index (χ3v) is 5.28. The zero-order chi connectivity index (χ0) is 24.2. The minimum Gasteiger partial charge on any atom is -0.485 e. The van der Waals surface area contributed by atoms with Gasteiger partial charge in [-0.25, -0.2) is 9.97 Å². The number of pyridine rings is 3. The average molecular weight is 471 g/mol. The van der Waals surface area contributed by atoms with Gasteiger partial charge < -0.3 is 24.1 Å². The zero-order valence-electron chi connectivity index (χ0n) is 18.3. The molecular weight excluding hydrogens is 453 g/mol. The van der Waals surface area contributed by atoms with E-state index in [0.717, 1.165) is 5.65 Å². The summed E-state index contributed by atoms with van der Waals surface area (Å²) >= 11 is 0. The van der Waals surface area contributed by atoms with Crippen molar-refractivity contribution in [2.75, 3.05) is 13.2 Å². The molecule has 0 bridgehead atoms. The molecule has 1 atom stereocenters. The molecule has 1 aliphatic rings. The van der Waals surface area contributed by atoms with Crippen molar-refractivity contribution in [3.8, 4) is 17.0 Å². The van der Waals surface area contributed by atoms with Crippen molar-refractivity contribution in [2.45, 2.75) is 12.5 Å². The molecule has 5 heterocycles. The van der Waals surface area contributed by atoms with Crippen LogP contribution >= 0.6 is 0 Å². The number of hydrogen-bond acceptors (Lipinski definition) is 7. The van der Waals surface area contributed by atoms with Crippen molar-refractivity contribution >= 4 is 23.1 Å². The van der Waals surface area contributed by atoms with E-state index in [-0.39, 0.29) is 31.0 Å². The topological polar surface area (TPSA) is 107 Å². The van der Waals surface area contributed by atoms with Crippen LogP contribution in [0.1, 0.15) is 16.8 Å². The lowest BCUT2D eigenvalue weighted by atomic mass is 10.1. The number of imidazole rings is 1. The average Bonchev–Trinajstić information content (AvgIpc) is 3.55. The second-order valence-electron chi connectivity index (χ2n) is 7.69. The lowest BCUT2D eigenvalue weighted by Crippen LogP contribution is -2.30. The number of ether oxygens (including phenoxy) is 1. The first kappa shape index (κ1) is 22.0. The Kier molecular flexibility index (Phi) is 6.00. The van der Waals surface area contributed by atoms with Crippen LogP contribution in [0.3, 0.4) is 0 Å². The van der Waals surface area contributed by atoms with E-state index in [9.17, 15) is 9.18 Å². The second kappa shape index (κ2) is 9.56. The highest BCUT2D eigenvalue weighted by molar-refractivity contribution is 5.98. The Labute approximate surface area is 198 Å². The molecule has 10 nitrogen and oxygen atoms in total. The predicted octanol–water partition coefficient (Wildman–Crippen LogP) is 3.43. The van der Waals surface area contributed by atoms with Gasteiger partial charge >= 0.3 is 0 Å². The normalized spacial score (nSPS) is 14.7. The summed E-state index contributed by atoms with van der Waals surface area (Å²) < 4.78 is 20.9. The molecule has 174 valence electrons. The minimum absolute atomic E-state index is 0.166. The van der Waals surface area contributed by atoms with E-state index in [1.54, 1.807) is 41.2 Å². The third kappa shape index (κ3) is 4.91. The number of aromatic nitrogens is 4. The molecule has 11 heteroatoms. The molecule has 0 aromatic carbocycles. The number of amides is 1. The molecule has 0 aliphatic carbocycles. The Morgan fingerprint density at radius 3 is 3.00 bits per heavy atom. The van der Waals surface area contributed by atoms with Gasteiger partial charge in [-0.15, -0.1) is 4.98 Å². The van der Waals surface area contributed by atoms with Gasteiger partial charge in [0.15, 0.2) is 11.9 Å². The summed E-state index contributed by atoms with van der Waals surface area (Å²) in [6.07, 6.45) is 6.60. The van der Waals surface area contributed by atoms with E-state index in [1.165, 1.54) is 24.4 Å². The zero-order valence-corrected chi connectivity index (χ0v) is 18.3. The van der Waals surface area contributed by atoms with E-state index in [1.807, 2.05) is 0 Å². The molecule has 0 saturated heterocycles. The fourth-order valence-electron chi connectivity index (χ4n) is 3.54. The van der Waals surface area contributed by atoms with Crippen LogP contribution in [0.25, 0.3) is 21.7 Å². The number of carbonyl (C=O) groups excluding carboxylic acids is 1. The van der Waals surface area contributed by atoms with Gasteiger partial charge in [-0.1, -0.05) is 11.7 Å². The summed E-state index contributed by atoms with van der Waals surface area (Å²) in [7, 11) is 0. The number of nitrogens with zero attached hydrogens (tertiary/aromatic N) is 6. The van der Waals surface area contributed by atoms with Crippen LogP contribution in [0, 0.1) is 12.5 Å². The molecule has 1 aliphatic heterocycles. The van der Waals surface area contributed by atoms with Gasteiger partial charge in [-0.3, -0.25) is 4.79 Å². The molecule has 0 radical (unpaired) electrons. The molecule has 0 saturated carbocycles. The van der Waals surface area contributed by atoms with Gasteiger partial charge in [0.25, 0.3) is 11.7 Å². The summed E-state index contributed by atoms with van der Waals surface area (Å²) in [5, 5.41) is 6.89. The van der Waals surface area contributed by atoms with Crippen LogP contribution in [-0.4, -0.2) is 50.2 Å². The van der Waals surface area contributed by atoms with Crippen molar-refractivity contribution in [2.24, 2.45) is 5.16 Å². The Morgan fingerprint density at radius 1 is 1.26 bits per heavy atom. The first-order chi connectivity index (χ1) is 17.1. The fraction of sp³-hybridized carbons (Fsp3) is 0.167. The number of halogens is 1. The van der Waals surface area contributed by atoms with Crippen LogP contribution < -0.4 is 10.1 Å². The maximum Gasteiger partial charge on any atom is 0.270 e. The summed E-state index contributed by atoms with van der Waals surface area (Å²) in [4.78, 5) is 33.4. The highest BCUT2D eigenvalue weighted by atomic mass is 19.1. The molecule has 5 rings (SSSR count). The van der Waals surface area contributed by atoms with Gasteiger partial charge in [0.05, 0.1) is 17.8 Å². The number of oxime groups is 1. The predicted molar refractivity (Wildman–Crippen MR) is 124 cm³/mol. The summed E-state index contributed by atoms with van der Waals surface area (Å²) in [5.41, 5.74) is 2.85. The number of rotatable bonds is 7. The fourth-order valence-corrected chi connectivity index (χ4v) is 3.54. The van der Waals surface area contributed by atoms with Crippen LogP contribution in [-0.2, 0) is 4.84 Å². The maximum absolute atomic E-state index is 13.2. The van der Waals surface area contributed by atoms with Crippen molar-refractivity contribution in [3.05, 3.63) is 84.1 Å². The Balaban J connectivity index is 1.17. The van der Waals surface area contributed by atoms with Crippen LogP contribution in [0.5, 0.6) is 5.75 Å². The summed E-state index contributed by atoms with van der Waals surface area (Å²) in [6.45, 7) is 7.60. The molecule has 4 aromatic heterocycles. The monoisotopic (exact) mass is 471 g/mol. The SMILES string of the molecule is [C-]#[N+]c1ccc(OCC2CC(CNC(=O)c3ccc4nccn4c3)=NO2)c(-c2ccc(F)nc2)n1. The molecule has 1 N–H and O–H groups in total. The van der Waals surface area contributed by atoms with Crippen molar-refractivity contribution < 1.29 is 18.8 Å². The van der Waals surface area contributed by atoms with Gasteiger partial charge in [0.1, 0.15) is 12.3 Å². The number of carbonyl (C=O) groups is 1. The quantitative estimate of drug-likeness (QED) is 0.327. The Bertz CT molecular complexity index is 1460. The molecule has 35 heavy (non-hydrogen) atoms. The lowest BCUT2D eigenvalue weighted by molar-refractivity contribution is 0.0471. The van der Waals surface area contributed by atoms with Crippen LogP contribution in [0.4, 0.5) is 10.2 Å². The number of nitrogens with one attached hydrogen (secondary N) is 1. The van der Waals surface area contributed by atoms with E-state index in [4.69, 9.17) is 16.1 Å². The second-order valence-corrected chi connectivity index (χ2v) is 7.69. The molecule has 1 amide bonds. The van der Waals surface area contributed by atoms with Gasteiger partial charge in [0.2, 0.25) is 11.6 Å². The first-order valence-corrected chi connectivity index (χ1v) is 10.6. The number of hydrogen-bond donors (Lipinski definition) is 1. The third-order valence-electron chi connectivity index (χ3n) is 5.28. The van der Waals surface area contributed by atoms with Crippen molar-refractivity contribution in [3.63, 3.8) is 0 Å². The van der Waals surface area contributed by atoms with Crippen LogP contribution in [0.2, 0.25) is 0 Å². The van der Waals surface area contributed by atoms with E-state index in [2.05, 4.69) is 30.3 Å². The standard InChI is InChI=1S/C24H18FN7O3/c1-26-21-6-4-19(23(30-21)15-2-5-20(25)28-11-15)34-14-18-10-17(31-35-18)12-29-24(33)16-3-7-22-27-8-9-32(22)13-16/h2-9,11,13,18H,10,12,14H2,(H,29,33). The molecule has 1 unspecified atom stereocenters. The largest absolute Gasteiger partial charge is 0.485 e. The molecule has 0 fully saturated rings. The van der Waals surface area contributed by atoms with E-state index >= 15 is 0 Å². The summed E-state index contributed by atoms with van der Waals surface area (Å²) in [5.74, 6) is -0.254. The van der Waals surface area contributed by atoms with Crippen molar-refractivity contribution in [1.82, 2.24) is 24.7 Å². The van der Waals surface area contributed by atoms with Gasteiger partial charge in [-0.2, -0.15) is 4.39 Å². The highest BCUT2D eigenvalue weighted by Crippen LogP contribution is 2.30. The van der Waals surface area contributed by atoms with E-state index in [0.29, 0.717) is 34.7 Å². The Morgan fingerprint density at radius 2 is 2.17 bits per heavy atom. The first-order valence-electron chi connectivity index (χ1n) is 10.6. The molecule has 0 spiro atoms. The van der Waals surface area contributed by atoms with Crippen molar-refractivity contribution in [1.29, 1.82) is 0 Å². The number of fused-ring (bicyclic) bond motifs is 1. The minimum atomic E-state index is -0.615. The van der Waals surface area contributed by atoms with Gasteiger partial charge in [-0.05, 0) is 36.4 Å². The Hall–Kier alpha value is -4.85. The maximum atomic E-state index is 13.2.